The van der Waals surface area contributed by atoms with Crippen LogP contribution in [0, 0.1) is 5.92 Å². The summed E-state index contributed by atoms with van der Waals surface area (Å²) in [7, 11) is 0. The third-order valence-corrected chi connectivity index (χ3v) is 9.12. The fourth-order valence-electron chi connectivity index (χ4n) is 6.40. The topological polar surface area (TPSA) is 115 Å². The number of aromatic amines is 1. The van der Waals surface area contributed by atoms with Crippen LogP contribution in [0.15, 0.2) is 48.8 Å². The molecule has 2 saturated heterocycles. The number of amides is 2. The van der Waals surface area contributed by atoms with Crippen molar-refractivity contribution in [1.82, 2.24) is 30.1 Å². The van der Waals surface area contributed by atoms with Crippen LogP contribution in [0.25, 0.3) is 22.2 Å². The molecule has 0 spiro atoms. The van der Waals surface area contributed by atoms with Crippen molar-refractivity contribution in [2.24, 2.45) is 5.92 Å². The van der Waals surface area contributed by atoms with E-state index in [-0.39, 0.29) is 29.8 Å². The second-order valence-corrected chi connectivity index (χ2v) is 12.2. The molecule has 3 fully saturated rings. The average Bonchev–Trinajstić information content (AvgIpc) is 3.47. The number of anilines is 1. The molecule has 2 aromatic heterocycles. The smallest absolute Gasteiger partial charge is 0.246 e. The Hall–Kier alpha value is -3.47. The number of hydrogen-bond acceptors (Lipinski definition) is 7. The highest BCUT2D eigenvalue weighted by Crippen LogP contribution is 2.33. The first-order chi connectivity index (χ1) is 21.0. The van der Waals surface area contributed by atoms with E-state index < -0.39 is 0 Å². The largest absolute Gasteiger partial charge is 0.379 e. The zero-order valence-electron chi connectivity index (χ0n) is 24.4. The van der Waals surface area contributed by atoms with Crippen LogP contribution >= 0.6 is 11.6 Å². The van der Waals surface area contributed by atoms with Gasteiger partial charge in [0.05, 0.1) is 30.1 Å². The molecule has 3 N–H and O–H groups in total. The van der Waals surface area contributed by atoms with E-state index in [1.807, 2.05) is 41.4 Å². The lowest BCUT2D eigenvalue weighted by Gasteiger charge is -2.34. The van der Waals surface area contributed by atoms with Gasteiger partial charge in [0.25, 0.3) is 0 Å². The third-order valence-electron chi connectivity index (χ3n) is 8.85. The molecular formula is C32H40ClN7O3. The minimum absolute atomic E-state index is 0.0329. The molecule has 1 saturated carbocycles. The summed E-state index contributed by atoms with van der Waals surface area (Å²) in [6.45, 7) is 5.29. The summed E-state index contributed by atoms with van der Waals surface area (Å²) in [6, 6.07) is 8.32. The Bertz CT molecular complexity index is 1450. The number of nitrogens with zero attached hydrogens (tertiary/aromatic N) is 4. The van der Waals surface area contributed by atoms with Crippen molar-refractivity contribution in [3.63, 3.8) is 0 Å². The Balaban J connectivity index is 0.978. The third kappa shape index (κ3) is 7.37. The minimum atomic E-state index is -0.0620. The molecular weight excluding hydrogens is 566 g/mol. The summed E-state index contributed by atoms with van der Waals surface area (Å²) < 4.78 is 5.37. The Morgan fingerprint density at radius 3 is 2.70 bits per heavy atom. The average molecular weight is 606 g/mol. The predicted octanol–water partition coefficient (Wildman–Crippen LogP) is 4.24. The van der Waals surface area contributed by atoms with Crippen molar-refractivity contribution >= 4 is 40.3 Å². The van der Waals surface area contributed by atoms with E-state index in [1.165, 1.54) is 0 Å². The molecule has 2 unspecified atom stereocenters. The first-order valence-corrected chi connectivity index (χ1v) is 15.8. The van der Waals surface area contributed by atoms with Crippen LogP contribution < -0.4 is 10.6 Å². The van der Waals surface area contributed by atoms with E-state index in [4.69, 9.17) is 21.3 Å². The number of morpholine rings is 1. The molecule has 228 valence electrons. The summed E-state index contributed by atoms with van der Waals surface area (Å²) in [4.78, 5) is 42.5. The number of halogens is 1. The first-order valence-electron chi connectivity index (χ1n) is 15.4. The van der Waals surface area contributed by atoms with Gasteiger partial charge in [0, 0.05) is 79.5 Å². The lowest BCUT2D eigenvalue weighted by Crippen LogP contribution is -2.47. The van der Waals surface area contributed by atoms with E-state index in [2.05, 4.69) is 25.5 Å². The molecule has 2 aliphatic heterocycles. The second kappa shape index (κ2) is 13.9. The number of hydrogen-bond donors (Lipinski definition) is 3. The first kappa shape index (κ1) is 29.6. The number of benzene rings is 1. The standard InChI is InChI=1S/C32H40ClN7O3/c33-27-21-35-32(38-30(27)26-20-34-28-8-2-1-7-25(26)28)37-24-6-3-5-23(19-24)36-31(42)22-10-13-40(14-11-22)29(41)9-4-12-39-15-17-43-18-16-39/h1-2,4,7-9,20-24,34H,3,5-6,10-19H2,(H,36,42)(H,35,37,38). The molecule has 1 aliphatic carbocycles. The number of carbonyl (C=O) groups excluding carboxylic acids is 2. The number of likely N-dealkylation sites (tertiary alicyclic amines) is 1. The van der Waals surface area contributed by atoms with E-state index in [1.54, 1.807) is 12.3 Å². The number of piperidine rings is 1. The summed E-state index contributed by atoms with van der Waals surface area (Å²) in [5.41, 5.74) is 2.66. The van der Waals surface area contributed by atoms with Crippen LogP contribution in [0.4, 0.5) is 5.95 Å². The molecule has 4 heterocycles. The van der Waals surface area contributed by atoms with Crippen molar-refractivity contribution in [3.05, 3.63) is 53.8 Å². The SMILES string of the molecule is O=C(NC1CCCC(Nc2ncc(Cl)c(-c3c[nH]c4ccccc34)n2)C1)C1CCN(C(=O)C=CCN2CCOCC2)CC1. The number of nitrogens with one attached hydrogen (secondary N) is 3. The van der Waals surface area contributed by atoms with Gasteiger partial charge in [0.1, 0.15) is 0 Å². The lowest BCUT2D eigenvalue weighted by molar-refractivity contribution is -0.132. The van der Waals surface area contributed by atoms with Gasteiger partial charge in [-0.25, -0.2) is 9.97 Å². The highest BCUT2D eigenvalue weighted by Gasteiger charge is 2.30. The number of H-pyrrole nitrogens is 1. The molecule has 43 heavy (non-hydrogen) atoms. The number of ether oxygens (including phenoxy) is 1. The number of para-hydroxylation sites is 1. The van der Waals surface area contributed by atoms with Crippen LogP contribution in [-0.2, 0) is 14.3 Å². The molecule has 11 heteroatoms. The van der Waals surface area contributed by atoms with Crippen LogP contribution in [0.3, 0.4) is 0 Å². The van der Waals surface area contributed by atoms with Crippen molar-refractivity contribution in [2.45, 2.75) is 50.6 Å². The summed E-state index contributed by atoms with van der Waals surface area (Å²) in [5.74, 6) is 0.612. The summed E-state index contributed by atoms with van der Waals surface area (Å²) in [5, 5.41) is 8.36. The Morgan fingerprint density at radius 2 is 1.86 bits per heavy atom. The molecule has 0 bridgehead atoms. The lowest BCUT2D eigenvalue weighted by atomic mass is 9.89. The molecule has 3 aliphatic rings. The van der Waals surface area contributed by atoms with E-state index in [0.717, 1.165) is 75.0 Å². The van der Waals surface area contributed by atoms with Crippen molar-refractivity contribution in [1.29, 1.82) is 0 Å². The van der Waals surface area contributed by atoms with Crippen molar-refractivity contribution < 1.29 is 14.3 Å². The van der Waals surface area contributed by atoms with Gasteiger partial charge in [-0.2, -0.15) is 0 Å². The van der Waals surface area contributed by atoms with Crippen LogP contribution in [0.2, 0.25) is 5.02 Å². The molecule has 6 rings (SSSR count). The molecule has 1 aromatic carbocycles. The van der Waals surface area contributed by atoms with Crippen LogP contribution in [-0.4, -0.2) is 94.6 Å². The van der Waals surface area contributed by atoms with Gasteiger partial charge in [0.2, 0.25) is 17.8 Å². The van der Waals surface area contributed by atoms with E-state index in [0.29, 0.717) is 42.6 Å². The van der Waals surface area contributed by atoms with Crippen LogP contribution in [0.1, 0.15) is 38.5 Å². The predicted molar refractivity (Wildman–Crippen MR) is 168 cm³/mol. The van der Waals surface area contributed by atoms with Gasteiger partial charge >= 0.3 is 0 Å². The van der Waals surface area contributed by atoms with Gasteiger partial charge in [-0.05, 0) is 44.6 Å². The molecule has 10 nitrogen and oxygen atoms in total. The zero-order chi connectivity index (χ0) is 29.6. The van der Waals surface area contributed by atoms with Gasteiger partial charge < -0.3 is 25.3 Å². The van der Waals surface area contributed by atoms with E-state index >= 15 is 0 Å². The monoisotopic (exact) mass is 605 g/mol. The number of fused-ring (bicyclic) bond motifs is 1. The van der Waals surface area contributed by atoms with Gasteiger partial charge in [-0.3, -0.25) is 14.5 Å². The normalized spacial score (nSPS) is 22.2. The highest BCUT2D eigenvalue weighted by atomic mass is 35.5. The fourth-order valence-corrected chi connectivity index (χ4v) is 6.59. The molecule has 2 amide bonds. The summed E-state index contributed by atoms with van der Waals surface area (Å²) >= 11 is 6.52. The summed E-state index contributed by atoms with van der Waals surface area (Å²) in [6.07, 6.45) is 12.3. The molecule has 3 aromatic rings. The number of rotatable bonds is 8. The minimum Gasteiger partial charge on any atom is -0.379 e. The van der Waals surface area contributed by atoms with Crippen molar-refractivity contribution in [3.8, 4) is 11.3 Å². The fraction of sp³-hybridized carbons (Fsp3) is 0.500. The van der Waals surface area contributed by atoms with Gasteiger partial charge in [-0.1, -0.05) is 35.9 Å². The second-order valence-electron chi connectivity index (χ2n) is 11.8. The molecule has 2 atom stereocenters. The Morgan fingerprint density at radius 1 is 1.07 bits per heavy atom. The zero-order valence-corrected chi connectivity index (χ0v) is 25.2. The van der Waals surface area contributed by atoms with Crippen LogP contribution in [0.5, 0.6) is 0 Å². The van der Waals surface area contributed by atoms with Gasteiger partial charge in [0.15, 0.2) is 0 Å². The molecule has 0 radical (unpaired) electrons. The van der Waals surface area contributed by atoms with E-state index in [9.17, 15) is 9.59 Å². The number of carbonyl (C=O) groups is 2. The quantitative estimate of drug-likeness (QED) is 0.329. The Labute approximate surface area is 257 Å². The maximum Gasteiger partial charge on any atom is 0.246 e. The highest BCUT2D eigenvalue weighted by molar-refractivity contribution is 6.33. The van der Waals surface area contributed by atoms with Crippen molar-refractivity contribution in [2.75, 3.05) is 51.3 Å². The maximum absolute atomic E-state index is 13.2. The Kier molecular flexibility index (Phi) is 9.55. The number of aromatic nitrogens is 3. The van der Waals surface area contributed by atoms with Gasteiger partial charge in [-0.15, -0.1) is 0 Å². The maximum atomic E-state index is 13.2.